The first-order chi connectivity index (χ1) is 14.7. The van der Waals surface area contributed by atoms with Gasteiger partial charge in [0, 0.05) is 22.8 Å². The van der Waals surface area contributed by atoms with E-state index in [1.54, 1.807) is 13.2 Å². The third-order valence-electron chi connectivity index (χ3n) is 4.70. The standard InChI is InChI=1S/C24H23NO3S2/c1-27-22-15-19(24-29-12-13-30-24)10-11-21(22)28-16-17-6-5-7-18(14-17)23(26)25-20-8-3-2-4-9-20/h2-11,14-15,24H,12-13,16H2,1H3,(H,25,26). The monoisotopic (exact) mass is 437 g/mol. The molecular weight excluding hydrogens is 414 g/mol. The molecule has 4 rings (SSSR count). The van der Waals surface area contributed by atoms with Crippen molar-refractivity contribution in [1.29, 1.82) is 0 Å². The molecule has 0 spiro atoms. The van der Waals surface area contributed by atoms with Crippen LogP contribution < -0.4 is 14.8 Å². The van der Waals surface area contributed by atoms with Crippen LogP contribution in [0.5, 0.6) is 11.5 Å². The van der Waals surface area contributed by atoms with E-state index >= 15 is 0 Å². The van der Waals surface area contributed by atoms with Crippen molar-refractivity contribution in [2.45, 2.75) is 11.2 Å². The van der Waals surface area contributed by atoms with E-state index in [4.69, 9.17) is 9.47 Å². The van der Waals surface area contributed by atoms with E-state index in [-0.39, 0.29) is 5.91 Å². The smallest absolute Gasteiger partial charge is 0.255 e. The summed E-state index contributed by atoms with van der Waals surface area (Å²) in [5.74, 6) is 3.66. The summed E-state index contributed by atoms with van der Waals surface area (Å²) in [7, 11) is 1.66. The number of carbonyl (C=O) groups is 1. The molecule has 0 radical (unpaired) electrons. The van der Waals surface area contributed by atoms with Gasteiger partial charge in [0.25, 0.3) is 5.91 Å². The number of hydrogen-bond acceptors (Lipinski definition) is 5. The van der Waals surface area contributed by atoms with Crippen LogP contribution in [-0.2, 0) is 6.61 Å². The molecular formula is C24H23NO3S2. The van der Waals surface area contributed by atoms with Gasteiger partial charge in [-0.1, -0.05) is 36.4 Å². The molecule has 4 nitrogen and oxygen atoms in total. The fourth-order valence-corrected chi connectivity index (χ4v) is 6.03. The highest BCUT2D eigenvalue weighted by Crippen LogP contribution is 2.47. The number of ether oxygens (including phenoxy) is 2. The van der Waals surface area contributed by atoms with Crippen molar-refractivity contribution in [1.82, 2.24) is 0 Å². The number of nitrogens with one attached hydrogen (secondary N) is 1. The normalized spacial score (nSPS) is 13.8. The van der Waals surface area contributed by atoms with Crippen LogP contribution in [0.25, 0.3) is 0 Å². The molecule has 1 aliphatic heterocycles. The largest absolute Gasteiger partial charge is 0.493 e. The number of anilines is 1. The van der Waals surface area contributed by atoms with Crippen molar-refractivity contribution in [2.24, 2.45) is 0 Å². The van der Waals surface area contributed by atoms with Gasteiger partial charge in [-0.25, -0.2) is 0 Å². The molecule has 0 bridgehead atoms. The zero-order chi connectivity index (χ0) is 20.8. The number of para-hydroxylation sites is 1. The van der Waals surface area contributed by atoms with Crippen LogP contribution >= 0.6 is 23.5 Å². The number of thioether (sulfide) groups is 2. The quantitative estimate of drug-likeness (QED) is 0.491. The summed E-state index contributed by atoms with van der Waals surface area (Å²) >= 11 is 3.93. The molecule has 0 aliphatic carbocycles. The minimum absolute atomic E-state index is 0.142. The molecule has 0 aromatic heterocycles. The molecule has 30 heavy (non-hydrogen) atoms. The molecule has 1 heterocycles. The highest BCUT2D eigenvalue weighted by Gasteiger charge is 2.20. The zero-order valence-corrected chi connectivity index (χ0v) is 18.3. The average Bonchev–Trinajstić information content (AvgIpc) is 3.33. The van der Waals surface area contributed by atoms with E-state index in [9.17, 15) is 4.79 Å². The summed E-state index contributed by atoms with van der Waals surface area (Å²) in [6.45, 7) is 0.356. The first kappa shape index (κ1) is 20.7. The average molecular weight is 438 g/mol. The minimum atomic E-state index is -0.142. The first-order valence-corrected chi connectivity index (χ1v) is 11.8. The van der Waals surface area contributed by atoms with Crippen molar-refractivity contribution < 1.29 is 14.3 Å². The number of carbonyl (C=O) groups excluding carboxylic acids is 1. The lowest BCUT2D eigenvalue weighted by Gasteiger charge is -2.15. The molecule has 0 unspecified atom stereocenters. The summed E-state index contributed by atoms with van der Waals surface area (Å²) in [6.07, 6.45) is 0. The lowest BCUT2D eigenvalue weighted by molar-refractivity contribution is 0.102. The third kappa shape index (κ3) is 5.12. The molecule has 1 fully saturated rings. The second-order valence-electron chi connectivity index (χ2n) is 6.79. The van der Waals surface area contributed by atoms with Crippen molar-refractivity contribution in [3.8, 4) is 11.5 Å². The Bertz CT molecular complexity index is 1000. The summed E-state index contributed by atoms with van der Waals surface area (Å²) in [5, 5.41) is 2.91. The SMILES string of the molecule is COc1cc(C2SCCS2)ccc1OCc1cccc(C(=O)Nc2ccccc2)c1. The van der Waals surface area contributed by atoms with Crippen molar-refractivity contribution >= 4 is 35.1 Å². The number of methoxy groups -OCH3 is 1. The number of rotatable bonds is 7. The van der Waals surface area contributed by atoms with Gasteiger partial charge in [-0.05, 0) is 47.5 Å². The van der Waals surface area contributed by atoms with Gasteiger partial charge in [-0.2, -0.15) is 0 Å². The lowest BCUT2D eigenvalue weighted by atomic mass is 10.1. The number of amides is 1. The summed E-state index contributed by atoms with van der Waals surface area (Å²) in [4.78, 5) is 12.5. The van der Waals surface area contributed by atoms with Crippen LogP contribution in [0.2, 0.25) is 0 Å². The maximum atomic E-state index is 12.5. The summed E-state index contributed by atoms with van der Waals surface area (Å²) < 4.78 is 12.0. The molecule has 1 aliphatic rings. The first-order valence-electron chi connectivity index (χ1n) is 9.72. The van der Waals surface area contributed by atoms with Gasteiger partial charge in [0.2, 0.25) is 0 Å². The third-order valence-corrected chi connectivity index (χ3v) is 7.80. The Morgan fingerprint density at radius 2 is 1.77 bits per heavy atom. The van der Waals surface area contributed by atoms with Crippen LogP contribution in [0.4, 0.5) is 5.69 Å². The van der Waals surface area contributed by atoms with Crippen LogP contribution in [-0.4, -0.2) is 24.5 Å². The molecule has 1 N–H and O–H groups in total. The lowest BCUT2D eigenvalue weighted by Crippen LogP contribution is -2.12. The van der Waals surface area contributed by atoms with Crippen molar-refractivity contribution in [2.75, 3.05) is 23.9 Å². The molecule has 6 heteroatoms. The Morgan fingerprint density at radius 3 is 2.53 bits per heavy atom. The molecule has 154 valence electrons. The molecule has 3 aromatic carbocycles. The highest BCUT2D eigenvalue weighted by atomic mass is 32.2. The Hall–Kier alpha value is -2.57. The summed E-state index contributed by atoms with van der Waals surface area (Å²) in [6, 6.07) is 23.0. The van der Waals surface area contributed by atoms with Crippen LogP contribution in [0, 0.1) is 0 Å². The van der Waals surface area contributed by atoms with E-state index in [1.165, 1.54) is 17.1 Å². The predicted molar refractivity (Wildman–Crippen MR) is 126 cm³/mol. The molecule has 3 aromatic rings. The van der Waals surface area contributed by atoms with E-state index in [2.05, 4.69) is 17.4 Å². The minimum Gasteiger partial charge on any atom is -0.493 e. The second kappa shape index (κ2) is 9.96. The van der Waals surface area contributed by atoms with Crippen molar-refractivity contribution in [3.63, 3.8) is 0 Å². The van der Waals surface area contributed by atoms with Gasteiger partial charge in [0.15, 0.2) is 11.5 Å². The number of hydrogen-bond donors (Lipinski definition) is 1. The summed E-state index contributed by atoms with van der Waals surface area (Å²) in [5.41, 5.74) is 3.54. The zero-order valence-electron chi connectivity index (χ0n) is 16.7. The van der Waals surface area contributed by atoms with Gasteiger partial charge in [0.1, 0.15) is 6.61 Å². The molecule has 0 saturated carbocycles. The van der Waals surface area contributed by atoms with E-state index < -0.39 is 0 Å². The van der Waals surface area contributed by atoms with Gasteiger partial charge in [0.05, 0.1) is 11.7 Å². The Labute approximate surface area is 185 Å². The predicted octanol–water partition coefficient (Wildman–Crippen LogP) is 6.01. The van der Waals surface area contributed by atoms with Crippen LogP contribution in [0.3, 0.4) is 0 Å². The van der Waals surface area contributed by atoms with E-state index in [0.717, 1.165) is 17.0 Å². The molecule has 0 atom stereocenters. The second-order valence-corrected chi connectivity index (χ2v) is 9.52. The van der Waals surface area contributed by atoms with Crippen LogP contribution in [0.15, 0.2) is 72.8 Å². The van der Waals surface area contributed by atoms with E-state index in [1.807, 2.05) is 78.1 Å². The maximum Gasteiger partial charge on any atom is 0.255 e. The molecule has 1 amide bonds. The van der Waals surface area contributed by atoms with E-state index in [0.29, 0.717) is 22.5 Å². The fourth-order valence-electron chi connectivity index (χ4n) is 3.19. The topological polar surface area (TPSA) is 47.6 Å². The number of benzene rings is 3. The van der Waals surface area contributed by atoms with Gasteiger partial charge in [-0.3, -0.25) is 4.79 Å². The van der Waals surface area contributed by atoms with Gasteiger partial charge >= 0.3 is 0 Å². The Morgan fingerprint density at radius 1 is 0.967 bits per heavy atom. The van der Waals surface area contributed by atoms with Crippen molar-refractivity contribution in [3.05, 3.63) is 89.5 Å². The molecule has 1 saturated heterocycles. The Kier molecular flexibility index (Phi) is 6.87. The van der Waals surface area contributed by atoms with Gasteiger partial charge < -0.3 is 14.8 Å². The van der Waals surface area contributed by atoms with Gasteiger partial charge in [-0.15, -0.1) is 23.5 Å². The fraction of sp³-hybridized carbons (Fsp3) is 0.208. The van der Waals surface area contributed by atoms with Crippen LogP contribution in [0.1, 0.15) is 26.1 Å². The Balaban J connectivity index is 1.42. The highest BCUT2D eigenvalue weighted by molar-refractivity contribution is 8.19. The maximum absolute atomic E-state index is 12.5.